The first-order chi connectivity index (χ1) is 4.92. The minimum Gasteiger partial charge on any atom is -0.142 e. The van der Waals surface area contributed by atoms with Gasteiger partial charge in [-0.15, -0.1) is 5.10 Å². The summed E-state index contributed by atoms with van der Waals surface area (Å²) in [6.07, 6.45) is 2.67. The minimum atomic E-state index is 0.799. The second kappa shape index (κ2) is 2.58. The maximum Gasteiger partial charge on any atom is 0.0895 e. The summed E-state index contributed by atoms with van der Waals surface area (Å²) in [5, 5.41) is 4.87. The molecule has 0 unspecified atom stereocenters. The second-order valence-corrected chi connectivity index (χ2v) is 3.84. The van der Waals surface area contributed by atoms with Crippen LogP contribution >= 0.6 is 27.5 Å². The lowest BCUT2D eigenvalue weighted by molar-refractivity contribution is 1.04. The number of nitrogens with zero attached hydrogens (tertiary/aromatic N) is 2. The van der Waals surface area contributed by atoms with Gasteiger partial charge in [0.1, 0.15) is 0 Å². The smallest absolute Gasteiger partial charge is 0.0895 e. The standard InChI is InChI=1S/C6H7BrN2S/c7-3-5-6(4-1-2-4)10-9-8-5/h4H,1-3H2. The van der Waals surface area contributed by atoms with Crippen molar-refractivity contribution < 1.29 is 0 Å². The Kier molecular flexibility index (Phi) is 1.74. The van der Waals surface area contributed by atoms with Gasteiger partial charge in [0.25, 0.3) is 0 Å². The average Bonchev–Trinajstić information content (AvgIpc) is 2.69. The van der Waals surface area contributed by atoms with E-state index in [4.69, 9.17) is 0 Å². The van der Waals surface area contributed by atoms with Gasteiger partial charge in [-0.05, 0) is 30.3 Å². The molecule has 1 aliphatic rings. The zero-order chi connectivity index (χ0) is 6.97. The fourth-order valence-corrected chi connectivity index (χ4v) is 2.39. The van der Waals surface area contributed by atoms with Crippen LogP contribution in [0, 0.1) is 0 Å². The van der Waals surface area contributed by atoms with Crippen molar-refractivity contribution in [3.63, 3.8) is 0 Å². The number of hydrogen-bond acceptors (Lipinski definition) is 3. The lowest BCUT2D eigenvalue weighted by Crippen LogP contribution is -1.82. The van der Waals surface area contributed by atoms with Crippen LogP contribution in [0.1, 0.15) is 29.3 Å². The van der Waals surface area contributed by atoms with Crippen molar-refractivity contribution in [2.75, 3.05) is 0 Å². The van der Waals surface area contributed by atoms with Crippen LogP contribution in [-0.4, -0.2) is 9.59 Å². The topological polar surface area (TPSA) is 25.8 Å². The Bertz CT molecular complexity index is 231. The lowest BCUT2D eigenvalue weighted by Gasteiger charge is -1.89. The Hall–Kier alpha value is 0.0400. The maximum atomic E-state index is 4.02. The molecule has 10 heavy (non-hydrogen) atoms. The van der Waals surface area contributed by atoms with E-state index in [1.54, 1.807) is 11.5 Å². The van der Waals surface area contributed by atoms with Crippen LogP contribution in [-0.2, 0) is 5.33 Å². The number of aromatic nitrogens is 2. The molecule has 2 rings (SSSR count). The van der Waals surface area contributed by atoms with Crippen LogP contribution < -0.4 is 0 Å². The zero-order valence-corrected chi connectivity index (χ0v) is 7.78. The van der Waals surface area contributed by atoms with Crippen LogP contribution in [0.25, 0.3) is 0 Å². The summed E-state index contributed by atoms with van der Waals surface area (Å²) in [5.41, 5.74) is 1.15. The number of rotatable bonds is 2. The molecule has 4 heteroatoms. The highest BCUT2D eigenvalue weighted by molar-refractivity contribution is 9.08. The monoisotopic (exact) mass is 218 g/mol. The van der Waals surface area contributed by atoms with Gasteiger partial charge in [0, 0.05) is 5.33 Å². The van der Waals surface area contributed by atoms with E-state index in [2.05, 4.69) is 25.5 Å². The molecule has 0 atom stereocenters. The highest BCUT2D eigenvalue weighted by Gasteiger charge is 2.28. The third-order valence-electron chi connectivity index (χ3n) is 1.66. The minimum absolute atomic E-state index is 0.799. The van der Waals surface area contributed by atoms with E-state index in [9.17, 15) is 0 Å². The van der Waals surface area contributed by atoms with Gasteiger partial charge in [-0.1, -0.05) is 20.4 Å². The van der Waals surface area contributed by atoms with Gasteiger partial charge >= 0.3 is 0 Å². The van der Waals surface area contributed by atoms with Crippen molar-refractivity contribution in [1.29, 1.82) is 0 Å². The molecule has 0 aliphatic heterocycles. The van der Waals surface area contributed by atoms with Crippen LogP contribution in [0.4, 0.5) is 0 Å². The van der Waals surface area contributed by atoms with Crippen LogP contribution in [0.5, 0.6) is 0 Å². The number of alkyl halides is 1. The van der Waals surface area contributed by atoms with E-state index >= 15 is 0 Å². The second-order valence-electron chi connectivity index (χ2n) is 2.49. The van der Waals surface area contributed by atoms with E-state index in [1.165, 1.54) is 17.7 Å². The summed E-state index contributed by atoms with van der Waals surface area (Å²) >= 11 is 4.94. The molecule has 54 valence electrons. The molecule has 1 aromatic heterocycles. The van der Waals surface area contributed by atoms with Crippen LogP contribution in [0.2, 0.25) is 0 Å². The molecule has 1 saturated carbocycles. The predicted molar refractivity (Wildman–Crippen MR) is 44.5 cm³/mol. The van der Waals surface area contributed by atoms with Gasteiger partial charge in [-0.25, -0.2) is 0 Å². The predicted octanol–water partition coefficient (Wildman–Crippen LogP) is 2.31. The molecule has 1 aliphatic carbocycles. The Morgan fingerprint density at radius 2 is 2.40 bits per heavy atom. The quantitative estimate of drug-likeness (QED) is 0.713. The van der Waals surface area contributed by atoms with Crippen molar-refractivity contribution in [1.82, 2.24) is 9.59 Å². The fraction of sp³-hybridized carbons (Fsp3) is 0.667. The highest BCUT2D eigenvalue weighted by atomic mass is 79.9. The summed E-state index contributed by atoms with van der Waals surface area (Å²) in [6.45, 7) is 0. The fourth-order valence-electron chi connectivity index (χ4n) is 0.964. The molecular weight excluding hydrogens is 212 g/mol. The SMILES string of the molecule is BrCc1nnsc1C1CC1. The van der Waals surface area contributed by atoms with Crippen LogP contribution in [0.15, 0.2) is 0 Å². The summed E-state index contributed by atoms with van der Waals surface area (Å²) < 4.78 is 3.92. The van der Waals surface area contributed by atoms with Crippen molar-refractivity contribution in [2.45, 2.75) is 24.1 Å². The Morgan fingerprint density at radius 3 is 3.00 bits per heavy atom. The maximum absolute atomic E-state index is 4.02. The van der Waals surface area contributed by atoms with Gasteiger partial charge in [0.15, 0.2) is 0 Å². The van der Waals surface area contributed by atoms with E-state index < -0.39 is 0 Å². The molecular formula is C6H7BrN2S. The summed E-state index contributed by atoms with van der Waals surface area (Å²) in [7, 11) is 0. The average molecular weight is 219 g/mol. The lowest BCUT2D eigenvalue weighted by atomic mass is 10.3. The normalized spacial score (nSPS) is 17.7. The summed E-state index contributed by atoms with van der Waals surface area (Å²) in [5.74, 6) is 0.799. The van der Waals surface area contributed by atoms with E-state index in [1.807, 2.05) is 0 Å². The molecule has 0 amide bonds. The molecule has 1 aromatic rings. The van der Waals surface area contributed by atoms with Crippen molar-refractivity contribution in [3.8, 4) is 0 Å². The zero-order valence-electron chi connectivity index (χ0n) is 5.38. The third kappa shape index (κ3) is 1.10. The molecule has 0 bridgehead atoms. The van der Waals surface area contributed by atoms with Gasteiger partial charge in [0.05, 0.1) is 10.6 Å². The van der Waals surface area contributed by atoms with Crippen LogP contribution in [0.3, 0.4) is 0 Å². The first kappa shape index (κ1) is 6.73. The van der Waals surface area contributed by atoms with Gasteiger partial charge in [-0.2, -0.15) is 0 Å². The van der Waals surface area contributed by atoms with Crippen molar-refractivity contribution in [2.24, 2.45) is 0 Å². The van der Waals surface area contributed by atoms with E-state index in [0.29, 0.717) is 0 Å². The Balaban J connectivity index is 2.28. The third-order valence-corrected chi connectivity index (χ3v) is 3.12. The molecule has 0 spiro atoms. The molecule has 0 N–H and O–H groups in total. The first-order valence-electron chi connectivity index (χ1n) is 3.29. The Morgan fingerprint density at radius 1 is 1.60 bits per heavy atom. The van der Waals surface area contributed by atoms with Crippen molar-refractivity contribution in [3.05, 3.63) is 10.6 Å². The highest BCUT2D eigenvalue weighted by Crippen LogP contribution is 2.43. The largest absolute Gasteiger partial charge is 0.142 e. The molecule has 0 saturated heterocycles. The summed E-state index contributed by atoms with van der Waals surface area (Å²) in [4.78, 5) is 1.40. The molecule has 2 nitrogen and oxygen atoms in total. The molecule has 1 heterocycles. The van der Waals surface area contributed by atoms with E-state index in [-0.39, 0.29) is 0 Å². The molecule has 1 fully saturated rings. The molecule has 0 aromatic carbocycles. The van der Waals surface area contributed by atoms with E-state index in [0.717, 1.165) is 16.9 Å². The first-order valence-corrected chi connectivity index (χ1v) is 5.18. The molecule has 0 radical (unpaired) electrons. The van der Waals surface area contributed by atoms with Gasteiger partial charge in [-0.3, -0.25) is 0 Å². The number of hydrogen-bond donors (Lipinski definition) is 0. The number of halogens is 1. The summed E-state index contributed by atoms with van der Waals surface area (Å²) in [6, 6.07) is 0. The Labute approximate surface area is 71.9 Å². The van der Waals surface area contributed by atoms with Gasteiger partial charge < -0.3 is 0 Å². The van der Waals surface area contributed by atoms with Gasteiger partial charge in [0.2, 0.25) is 0 Å². The van der Waals surface area contributed by atoms with Crippen molar-refractivity contribution >= 4 is 27.5 Å².